The largest absolute Gasteiger partial charge is 0.348 e. The van der Waals surface area contributed by atoms with Gasteiger partial charge in [0.2, 0.25) is 0 Å². The van der Waals surface area contributed by atoms with Crippen molar-refractivity contribution in [1.82, 2.24) is 5.32 Å². The van der Waals surface area contributed by atoms with E-state index < -0.39 is 0 Å². The first-order chi connectivity index (χ1) is 9.06. The zero-order valence-electron chi connectivity index (χ0n) is 9.79. The summed E-state index contributed by atoms with van der Waals surface area (Å²) in [5.41, 5.74) is 1.42. The average Bonchev–Trinajstić information content (AvgIpc) is 2.37. The van der Waals surface area contributed by atoms with Gasteiger partial charge in [0.15, 0.2) is 0 Å². The number of benzene rings is 2. The van der Waals surface area contributed by atoms with Crippen LogP contribution in [0.4, 0.5) is 0 Å². The zero-order chi connectivity index (χ0) is 13.8. The molecule has 1 N–H and O–H groups in total. The lowest BCUT2D eigenvalue weighted by Gasteiger charge is -2.07. The lowest BCUT2D eigenvalue weighted by Crippen LogP contribution is -2.22. The molecule has 2 aromatic rings. The van der Waals surface area contributed by atoms with Gasteiger partial charge < -0.3 is 5.32 Å². The molecule has 0 heterocycles. The van der Waals surface area contributed by atoms with Crippen molar-refractivity contribution in [3.8, 4) is 0 Å². The van der Waals surface area contributed by atoms with Gasteiger partial charge in [0.1, 0.15) is 0 Å². The molecule has 0 unspecified atom stereocenters. The first-order valence-electron chi connectivity index (χ1n) is 5.54. The minimum atomic E-state index is -0.146. The van der Waals surface area contributed by atoms with E-state index in [-0.39, 0.29) is 5.91 Å². The van der Waals surface area contributed by atoms with Crippen molar-refractivity contribution in [2.75, 3.05) is 0 Å². The van der Waals surface area contributed by atoms with E-state index in [0.29, 0.717) is 22.2 Å². The fourth-order valence-corrected chi connectivity index (χ4v) is 2.45. The van der Waals surface area contributed by atoms with Crippen LogP contribution in [0.2, 0.25) is 10.0 Å². The highest BCUT2D eigenvalue weighted by atomic mass is 79.9. The Morgan fingerprint density at radius 2 is 1.95 bits per heavy atom. The average molecular weight is 359 g/mol. The molecule has 0 aromatic heterocycles. The predicted octanol–water partition coefficient (Wildman–Crippen LogP) is 4.69. The van der Waals surface area contributed by atoms with E-state index in [2.05, 4.69) is 21.2 Å². The number of nitrogens with one attached hydrogen (secondary N) is 1. The van der Waals surface area contributed by atoms with E-state index in [1.165, 1.54) is 0 Å². The number of halogens is 3. The van der Waals surface area contributed by atoms with Crippen LogP contribution in [0.3, 0.4) is 0 Å². The third-order valence-corrected chi connectivity index (χ3v) is 3.62. The molecule has 0 spiro atoms. The Morgan fingerprint density at radius 1 is 1.16 bits per heavy atom. The summed E-state index contributed by atoms with van der Waals surface area (Å²) >= 11 is 15.2. The molecule has 2 aromatic carbocycles. The van der Waals surface area contributed by atoms with E-state index in [0.717, 1.165) is 10.0 Å². The quantitative estimate of drug-likeness (QED) is 0.847. The minimum Gasteiger partial charge on any atom is -0.348 e. The molecular weight excluding hydrogens is 349 g/mol. The molecule has 0 aliphatic heterocycles. The summed E-state index contributed by atoms with van der Waals surface area (Å²) in [6, 6.07) is 12.4. The highest BCUT2D eigenvalue weighted by molar-refractivity contribution is 9.10. The summed E-state index contributed by atoms with van der Waals surface area (Å²) in [5, 5.41) is 3.93. The van der Waals surface area contributed by atoms with Crippen LogP contribution in [0, 0.1) is 0 Å². The number of carbonyl (C=O) groups excluding carboxylic acids is 1. The zero-order valence-corrected chi connectivity index (χ0v) is 12.9. The SMILES string of the molecule is O=C(NCc1ccc(Cl)cc1Cl)c1cccc(Br)c1. The van der Waals surface area contributed by atoms with Crippen molar-refractivity contribution in [2.45, 2.75) is 6.54 Å². The minimum absolute atomic E-state index is 0.146. The van der Waals surface area contributed by atoms with Gasteiger partial charge in [-0.25, -0.2) is 0 Å². The highest BCUT2D eigenvalue weighted by Crippen LogP contribution is 2.21. The van der Waals surface area contributed by atoms with E-state index >= 15 is 0 Å². The maximum atomic E-state index is 11.9. The van der Waals surface area contributed by atoms with Crippen LogP contribution in [0.25, 0.3) is 0 Å². The van der Waals surface area contributed by atoms with E-state index in [9.17, 15) is 4.79 Å². The molecule has 2 rings (SSSR count). The predicted molar refractivity (Wildman–Crippen MR) is 81.8 cm³/mol. The number of rotatable bonds is 3. The second-order valence-corrected chi connectivity index (χ2v) is 5.69. The van der Waals surface area contributed by atoms with Crippen LogP contribution >= 0.6 is 39.1 Å². The van der Waals surface area contributed by atoms with Gasteiger partial charge in [0, 0.05) is 26.6 Å². The second kappa shape index (κ2) is 6.42. The van der Waals surface area contributed by atoms with Crippen molar-refractivity contribution in [2.24, 2.45) is 0 Å². The first-order valence-corrected chi connectivity index (χ1v) is 7.09. The Balaban J connectivity index is 2.04. The summed E-state index contributed by atoms with van der Waals surface area (Å²) in [4.78, 5) is 11.9. The lowest BCUT2D eigenvalue weighted by atomic mass is 10.2. The Labute approximate surface area is 129 Å². The maximum absolute atomic E-state index is 11.9. The maximum Gasteiger partial charge on any atom is 0.251 e. The van der Waals surface area contributed by atoms with Gasteiger partial charge in [-0.05, 0) is 35.9 Å². The van der Waals surface area contributed by atoms with Gasteiger partial charge in [0.25, 0.3) is 5.91 Å². The van der Waals surface area contributed by atoms with Crippen LogP contribution in [0.5, 0.6) is 0 Å². The third kappa shape index (κ3) is 3.96. The number of carbonyl (C=O) groups is 1. The Bertz CT molecular complexity index is 616. The van der Waals surface area contributed by atoms with Crippen LogP contribution in [-0.2, 0) is 6.54 Å². The van der Waals surface area contributed by atoms with Crippen molar-refractivity contribution in [1.29, 1.82) is 0 Å². The van der Waals surface area contributed by atoms with Gasteiger partial charge in [0.05, 0.1) is 0 Å². The molecule has 2 nitrogen and oxygen atoms in total. The van der Waals surface area contributed by atoms with E-state index in [4.69, 9.17) is 23.2 Å². The number of hydrogen-bond donors (Lipinski definition) is 1. The molecule has 19 heavy (non-hydrogen) atoms. The van der Waals surface area contributed by atoms with Gasteiger partial charge in [-0.2, -0.15) is 0 Å². The number of amides is 1. The number of hydrogen-bond acceptors (Lipinski definition) is 1. The summed E-state index contributed by atoms with van der Waals surface area (Å²) < 4.78 is 0.865. The van der Waals surface area contributed by atoms with Crippen molar-refractivity contribution in [3.63, 3.8) is 0 Å². The molecule has 0 aliphatic rings. The van der Waals surface area contributed by atoms with Crippen molar-refractivity contribution < 1.29 is 4.79 Å². The lowest BCUT2D eigenvalue weighted by molar-refractivity contribution is 0.0951. The van der Waals surface area contributed by atoms with E-state index in [1.807, 2.05) is 12.1 Å². The van der Waals surface area contributed by atoms with Gasteiger partial charge in [-0.3, -0.25) is 4.79 Å². The molecule has 0 saturated carbocycles. The third-order valence-electron chi connectivity index (χ3n) is 2.54. The van der Waals surface area contributed by atoms with Gasteiger partial charge in [-0.15, -0.1) is 0 Å². The molecular formula is C14H10BrCl2NO. The summed E-state index contributed by atoms with van der Waals surface area (Å²) in [6.07, 6.45) is 0. The van der Waals surface area contributed by atoms with Crippen LogP contribution in [0.15, 0.2) is 46.9 Å². The van der Waals surface area contributed by atoms with Gasteiger partial charge in [-0.1, -0.05) is 51.3 Å². The standard InChI is InChI=1S/C14H10BrCl2NO/c15-11-3-1-2-9(6-11)14(19)18-8-10-4-5-12(16)7-13(10)17/h1-7H,8H2,(H,18,19). The Morgan fingerprint density at radius 3 is 2.63 bits per heavy atom. The molecule has 98 valence electrons. The summed E-state index contributed by atoms with van der Waals surface area (Å²) in [5.74, 6) is -0.146. The van der Waals surface area contributed by atoms with Crippen LogP contribution in [0.1, 0.15) is 15.9 Å². The molecule has 0 bridgehead atoms. The summed E-state index contributed by atoms with van der Waals surface area (Å²) in [6.45, 7) is 0.362. The molecule has 0 fully saturated rings. The topological polar surface area (TPSA) is 29.1 Å². The highest BCUT2D eigenvalue weighted by Gasteiger charge is 2.07. The molecule has 0 radical (unpaired) electrons. The normalized spacial score (nSPS) is 10.3. The smallest absolute Gasteiger partial charge is 0.251 e. The second-order valence-electron chi connectivity index (χ2n) is 3.93. The molecule has 0 saturated heterocycles. The monoisotopic (exact) mass is 357 g/mol. The van der Waals surface area contributed by atoms with Crippen LogP contribution < -0.4 is 5.32 Å². The van der Waals surface area contributed by atoms with Crippen LogP contribution in [-0.4, -0.2) is 5.91 Å². The van der Waals surface area contributed by atoms with E-state index in [1.54, 1.807) is 30.3 Å². The van der Waals surface area contributed by atoms with Crippen molar-refractivity contribution in [3.05, 3.63) is 68.1 Å². The Hall–Kier alpha value is -1.03. The molecule has 1 amide bonds. The molecule has 0 atom stereocenters. The summed E-state index contributed by atoms with van der Waals surface area (Å²) in [7, 11) is 0. The fourth-order valence-electron chi connectivity index (χ4n) is 1.57. The first kappa shape index (κ1) is 14.4. The van der Waals surface area contributed by atoms with Gasteiger partial charge >= 0.3 is 0 Å². The molecule has 5 heteroatoms. The molecule has 0 aliphatic carbocycles. The van der Waals surface area contributed by atoms with Crippen molar-refractivity contribution >= 4 is 45.0 Å². The Kier molecular flexibility index (Phi) is 4.86. The fraction of sp³-hybridized carbons (Fsp3) is 0.0714.